The molecule has 0 amide bonds. The van der Waals surface area contributed by atoms with Crippen LogP contribution in [0.2, 0.25) is 0 Å². The fourth-order valence-electron chi connectivity index (χ4n) is 1.42. The highest BCUT2D eigenvalue weighted by Gasteiger charge is 2.06. The zero-order valence-corrected chi connectivity index (χ0v) is 9.66. The quantitative estimate of drug-likeness (QED) is 0.777. The summed E-state index contributed by atoms with van der Waals surface area (Å²) in [7, 11) is 1.44. The van der Waals surface area contributed by atoms with Crippen molar-refractivity contribution in [2.45, 2.75) is 25.9 Å². The van der Waals surface area contributed by atoms with Crippen LogP contribution in [-0.2, 0) is 6.54 Å². The van der Waals surface area contributed by atoms with Crippen LogP contribution in [0, 0.1) is 5.82 Å². The molecule has 0 aliphatic rings. The molecule has 0 spiro atoms. The van der Waals surface area contributed by atoms with Crippen LogP contribution in [0.25, 0.3) is 0 Å². The van der Waals surface area contributed by atoms with Gasteiger partial charge in [0.2, 0.25) is 0 Å². The monoisotopic (exact) mass is 227 g/mol. The van der Waals surface area contributed by atoms with E-state index in [0.717, 1.165) is 12.0 Å². The van der Waals surface area contributed by atoms with E-state index in [1.165, 1.54) is 13.2 Å². The number of methoxy groups -OCH3 is 1. The van der Waals surface area contributed by atoms with Gasteiger partial charge in [0.1, 0.15) is 0 Å². The van der Waals surface area contributed by atoms with Crippen molar-refractivity contribution in [3.05, 3.63) is 29.6 Å². The Labute approximate surface area is 95.2 Å². The van der Waals surface area contributed by atoms with Crippen molar-refractivity contribution in [2.75, 3.05) is 13.7 Å². The third-order valence-electron chi connectivity index (χ3n) is 2.52. The van der Waals surface area contributed by atoms with Crippen molar-refractivity contribution in [3.63, 3.8) is 0 Å². The maximum absolute atomic E-state index is 13.3. The number of rotatable bonds is 6. The largest absolute Gasteiger partial charge is 0.494 e. The van der Waals surface area contributed by atoms with Crippen LogP contribution in [0.1, 0.15) is 18.9 Å². The van der Waals surface area contributed by atoms with Crippen LogP contribution in [0.3, 0.4) is 0 Å². The first-order valence-corrected chi connectivity index (χ1v) is 5.38. The molecule has 0 aromatic heterocycles. The van der Waals surface area contributed by atoms with Crippen molar-refractivity contribution in [1.82, 2.24) is 5.32 Å². The predicted molar refractivity (Wildman–Crippen MR) is 61.0 cm³/mol. The Morgan fingerprint density at radius 3 is 2.75 bits per heavy atom. The molecule has 0 saturated carbocycles. The molecule has 1 aromatic rings. The molecule has 0 fully saturated rings. The molecule has 1 atom stereocenters. The second-order valence-electron chi connectivity index (χ2n) is 3.64. The van der Waals surface area contributed by atoms with Crippen molar-refractivity contribution in [2.24, 2.45) is 0 Å². The van der Waals surface area contributed by atoms with Gasteiger partial charge < -0.3 is 15.2 Å². The van der Waals surface area contributed by atoms with Crippen molar-refractivity contribution in [1.29, 1.82) is 0 Å². The summed E-state index contributed by atoms with van der Waals surface area (Å²) in [4.78, 5) is 0. The molecule has 0 saturated heterocycles. The minimum absolute atomic E-state index is 0.0603. The highest BCUT2D eigenvalue weighted by molar-refractivity contribution is 5.29. The molecule has 2 N–H and O–H groups in total. The molecule has 1 rings (SSSR count). The lowest BCUT2D eigenvalue weighted by Crippen LogP contribution is -2.31. The topological polar surface area (TPSA) is 41.5 Å². The molecule has 0 aliphatic carbocycles. The van der Waals surface area contributed by atoms with Gasteiger partial charge in [0.05, 0.1) is 13.7 Å². The van der Waals surface area contributed by atoms with Gasteiger partial charge in [-0.2, -0.15) is 0 Å². The van der Waals surface area contributed by atoms with Gasteiger partial charge in [-0.25, -0.2) is 4.39 Å². The van der Waals surface area contributed by atoms with Crippen LogP contribution in [0.4, 0.5) is 4.39 Å². The highest BCUT2D eigenvalue weighted by atomic mass is 19.1. The predicted octanol–water partition coefficient (Wildman–Crippen LogP) is 1.69. The number of nitrogens with one attached hydrogen (secondary N) is 1. The van der Waals surface area contributed by atoms with Crippen molar-refractivity contribution in [3.8, 4) is 5.75 Å². The number of ether oxygens (including phenoxy) is 1. The van der Waals surface area contributed by atoms with Crippen LogP contribution in [0.5, 0.6) is 5.75 Å². The number of hydrogen-bond acceptors (Lipinski definition) is 3. The third-order valence-corrected chi connectivity index (χ3v) is 2.52. The Bertz CT molecular complexity index is 327. The molecular formula is C12H18FNO2. The van der Waals surface area contributed by atoms with Gasteiger partial charge in [0.15, 0.2) is 11.6 Å². The normalized spacial score (nSPS) is 12.5. The van der Waals surface area contributed by atoms with E-state index >= 15 is 0 Å². The first kappa shape index (κ1) is 12.9. The van der Waals surface area contributed by atoms with E-state index < -0.39 is 0 Å². The zero-order valence-electron chi connectivity index (χ0n) is 9.66. The molecule has 0 heterocycles. The average molecular weight is 227 g/mol. The Morgan fingerprint density at radius 1 is 1.50 bits per heavy atom. The van der Waals surface area contributed by atoms with E-state index in [0.29, 0.717) is 6.54 Å². The zero-order chi connectivity index (χ0) is 12.0. The second kappa shape index (κ2) is 6.45. The van der Waals surface area contributed by atoms with Crippen molar-refractivity contribution < 1.29 is 14.2 Å². The first-order valence-electron chi connectivity index (χ1n) is 5.38. The summed E-state index contributed by atoms with van der Waals surface area (Å²) in [6.45, 7) is 2.62. The van der Waals surface area contributed by atoms with Crippen LogP contribution in [-0.4, -0.2) is 24.9 Å². The van der Waals surface area contributed by atoms with E-state index in [1.807, 2.05) is 6.92 Å². The van der Waals surface area contributed by atoms with Crippen LogP contribution >= 0.6 is 0 Å². The van der Waals surface area contributed by atoms with E-state index in [1.54, 1.807) is 12.1 Å². The summed E-state index contributed by atoms with van der Waals surface area (Å²) in [6, 6.07) is 4.91. The summed E-state index contributed by atoms with van der Waals surface area (Å²) < 4.78 is 18.2. The lowest BCUT2D eigenvalue weighted by molar-refractivity contribution is 0.238. The first-order chi connectivity index (χ1) is 7.71. The summed E-state index contributed by atoms with van der Waals surface area (Å²) in [5.41, 5.74) is 0.838. The van der Waals surface area contributed by atoms with Gasteiger partial charge in [0.25, 0.3) is 0 Å². The standard InChI is InChI=1S/C12H18FNO2/c1-3-10(8-15)14-7-9-4-5-12(16-2)11(13)6-9/h4-6,10,14-15H,3,7-8H2,1-2H3. The minimum Gasteiger partial charge on any atom is -0.494 e. The fourth-order valence-corrected chi connectivity index (χ4v) is 1.42. The number of aliphatic hydroxyl groups is 1. The van der Waals surface area contributed by atoms with Crippen LogP contribution in [0.15, 0.2) is 18.2 Å². The average Bonchev–Trinajstić information content (AvgIpc) is 2.30. The van der Waals surface area contributed by atoms with E-state index in [9.17, 15) is 4.39 Å². The Morgan fingerprint density at radius 2 is 2.25 bits per heavy atom. The van der Waals surface area contributed by atoms with Gasteiger partial charge in [-0.3, -0.25) is 0 Å². The second-order valence-corrected chi connectivity index (χ2v) is 3.64. The maximum Gasteiger partial charge on any atom is 0.165 e. The molecule has 0 radical (unpaired) electrons. The highest BCUT2D eigenvalue weighted by Crippen LogP contribution is 2.17. The molecule has 0 bridgehead atoms. The molecule has 4 heteroatoms. The van der Waals surface area contributed by atoms with E-state index in [4.69, 9.17) is 9.84 Å². The summed E-state index contributed by atoms with van der Waals surface area (Å²) >= 11 is 0. The Hall–Kier alpha value is -1.13. The van der Waals surface area contributed by atoms with Gasteiger partial charge in [-0.05, 0) is 24.1 Å². The van der Waals surface area contributed by atoms with Gasteiger partial charge >= 0.3 is 0 Å². The lowest BCUT2D eigenvalue weighted by atomic mass is 10.2. The molecule has 1 aromatic carbocycles. The molecule has 16 heavy (non-hydrogen) atoms. The van der Waals surface area contributed by atoms with Gasteiger partial charge in [-0.15, -0.1) is 0 Å². The summed E-state index contributed by atoms with van der Waals surface area (Å²) in [6.07, 6.45) is 0.842. The molecule has 3 nitrogen and oxygen atoms in total. The SMILES string of the molecule is CCC(CO)NCc1ccc(OC)c(F)c1. The van der Waals surface area contributed by atoms with Crippen LogP contribution < -0.4 is 10.1 Å². The van der Waals surface area contributed by atoms with E-state index in [-0.39, 0.29) is 24.2 Å². The van der Waals surface area contributed by atoms with Gasteiger partial charge in [0, 0.05) is 12.6 Å². The molecule has 1 unspecified atom stereocenters. The summed E-state index contributed by atoms with van der Waals surface area (Å²) in [5, 5.41) is 12.1. The summed E-state index contributed by atoms with van der Waals surface area (Å²) in [5.74, 6) is -0.114. The minimum atomic E-state index is -0.362. The van der Waals surface area contributed by atoms with Gasteiger partial charge in [-0.1, -0.05) is 13.0 Å². The van der Waals surface area contributed by atoms with Crippen molar-refractivity contribution >= 4 is 0 Å². The Kier molecular flexibility index (Phi) is 5.22. The molecular weight excluding hydrogens is 209 g/mol. The Balaban J connectivity index is 2.58. The lowest BCUT2D eigenvalue weighted by Gasteiger charge is -2.14. The number of hydrogen-bond donors (Lipinski definition) is 2. The molecule has 90 valence electrons. The number of benzene rings is 1. The van der Waals surface area contributed by atoms with E-state index in [2.05, 4.69) is 5.32 Å². The fraction of sp³-hybridized carbons (Fsp3) is 0.500. The number of halogens is 1. The third kappa shape index (κ3) is 3.47. The molecule has 0 aliphatic heterocycles. The smallest absolute Gasteiger partial charge is 0.165 e. The maximum atomic E-state index is 13.3. The number of aliphatic hydroxyl groups excluding tert-OH is 1.